The molecule has 0 radical (unpaired) electrons. The number of nitrogens with two attached hydrogens (primary N) is 1. The molecular formula is C15H32N2. The van der Waals surface area contributed by atoms with Gasteiger partial charge in [0.05, 0.1) is 0 Å². The third-order valence-electron chi connectivity index (χ3n) is 4.95. The van der Waals surface area contributed by atoms with E-state index in [1.807, 2.05) is 0 Å². The van der Waals surface area contributed by atoms with Crippen LogP contribution in [0.4, 0.5) is 0 Å². The minimum atomic E-state index is 0.303. The van der Waals surface area contributed by atoms with Gasteiger partial charge in [-0.2, -0.15) is 0 Å². The van der Waals surface area contributed by atoms with E-state index >= 15 is 0 Å². The number of nitrogens with zero attached hydrogens (tertiary/aromatic N) is 1. The van der Waals surface area contributed by atoms with E-state index in [1.54, 1.807) is 0 Å². The molecule has 0 saturated heterocycles. The van der Waals surface area contributed by atoms with Crippen molar-refractivity contribution in [3.63, 3.8) is 0 Å². The van der Waals surface area contributed by atoms with Gasteiger partial charge in [0, 0.05) is 18.6 Å². The molecule has 0 spiro atoms. The fourth-order valence-electron chi connectivity index (χ4n) is 3.32. The lowest BCUT2D eigenvalue weighted by Gasteiger charge is -2.44. The van der Waals surface area contributed by atoms with Gasteiger partial charge >= 0.3 is 0 Å². The molecular weight excluding hydrogens is 208 g/mol. The molecule has 0 aromatic heterocycles. The molecule has 2 nitrogen and oxygen atoms in total. The van der Waals surface area contributed by atoms with Crippen molar-refractivity contribution in [3.05, 3.63) is 0 Å². The van der Waals surface area contributed by atoms with Crippen LogP contribution in [0.25, 0.3) is 0 Å². The summed E-state index contributed by atoms with van der Waals surface area (Å²) < 4.78 is 0. The SMILES string of the molecule is CCC(CC)CN(CC)C(CC)(CN)C1CC1. The maximum absolute atomic E-state index is 6.15. The summed E-state index contributed by atoms with van der Waals surface area (Å²) in [5, 5.41) is 0. The van der Waals surface area contributed by atoms with Gasteiger partial charge < -0.3 is 5.73 Å². The summed E-state index contributed by atoms with van der Waals surface area (Å²) in [6.07, 6.45) is 6.58. The first-order valence-corrected chi connectivity index (χ1v) is 7.63. The first kappa shape index (κ1) is 15.0. The molecule has 102 valence electrons. The zero-order valence-corrected chi connectivity index (χ0v) is 12.3. The van der Waals surface area contributed by atoms with E-state index in [4.69, 9.17) is 5.73 Å². The Bertz CT molecular complexity index is 203. The summed E-state index contributed by atoms with van der Waals surface area (Å²) in [5.74, 6) is 1.71. The molecule has 17 heavy (non-hydrogen) atoms. The van der Waals surface area contributed by atoms with Crippen LogP contribution in [-0.4, -0.2) is 30.1 Å². The van der Waals surface area contributed by atoms with E-state index in [1.165, 1.54) is 38.6 Å². The molecule has 0 aromatic carbocycles. The van der Waals surface area contributed by atoms with Crippen LogP contribution in [0.5, 0.6) is 0 Å². The highest BCUT2D eigenvalue weighted by molar-refractivity contribution is 5.02. The van der Waals surface area contributed by atoms with Crippen LogP contribution in [-0.2, 0) is 0 Å². The van der Waals surface area contributed by atoms with Crippen LogP contribution < -0.4 is 5.73 Å². The molecule has 1 rings (SSSR count). The lowest BCUT2D eigenvalue weighted by Crippen LogP contribution is -2.56. The predicted molar refractivity (Wildman–Crippen MR) is 76.1 cm³/mol. The fourth-order valence-corrected chi connectivity index (χ4v) is 3.32. The van der Waals surface area contributed by atoms with E-state index in [0.29, 0.717) is 5.54 Å². The summed E-state index contributed by atoms with van der Waals surface area (Å²) >= 11 is 0. The van der Waals surface area contributed by atoms with E-state index in [-0.39, 0.29) is 0 Å². The normalized spacial score (nSPS) is 19.9. The van der Waals surface area contributed by atoms with Gasteiger partial charge in [-0.25, -0.2) is 0 Å². The van der Waals surface area contributed by atoms with Crippen LogP contribution in [0, 0.1) is 11.8 Å². The average molecular weight is 240 g/mol. The van der Waals surface area contributed by atoms with Crippen LogP contribution in [0.2, 0.25) is 0 Å². The molecule has 2 N–H and O–H groups in total. The molecule has 1 unspecified atom stereocenters. The largest absolute Gasteiger partial charge is 0.329 e. The Hall–Kier alpha value is -0.0800. The Morgan fingerprint density at radius 3 is 2.06 bits per heavy atom. The Balaban J connectivity index is 2.74. The van der Waals surface area contributed by atoms with Crippen LogP contribution in [0.1, 0.15) is 59.8 Å². The highest BCUT2D eigenvalue weighted by Crippen LogP contribution is 2.45. The predicted octanol–water partition coefficient (Wildman–Crippen LogP) is 3.26. The standard InChI is InChI=1S/C15H32N2/c1-5-13(6-2)11-17(8-4)15(7-3,12-16)14-9-10-14/h13-14H,5-12,16H2,1-4H3. The third kappa shape index (κ3) is 3.23. The molecule has 1 fully saturated rings. The first-order chi connectivity index (χ1) is 8.18. The van der Waals surface area contributed by atoms with E-state index in [2.05, 4.69) is 32.6 Å². The van der Waals surface area contributed by atoms with Crippen molar-refractivity contribution in [2.45, 2.75) is 65.3 Å². The molecule has 1 saturated carbocycles. The summed E-state index contributed by atoms with van der Waals surface area (Å²) in [4.78, 5) is 2.70. The number of rotatable bonds is 9. The Morgan fingerprint density at radius 2 is 1.76 bits per heavy atom. The lowest BCUT2D eigenvalue weighted by molar-refractivity contribution is 0.0557. The molecule has 1 atom stereocenters. The maximum atomic E-state index is 6.15. The molecule has 0 aliphatic heterocycles. The molecule has 0 aromatic rings. The van der Waals surface area contributed by atoms with Gasteiger partial charge in [0.15, 0.2) is 0 Å². The Labute approximate surface area is 108 Å². The van der Waals surface area contributed by atoms with E-state index in [0.717, 1.165) is 24.9 Å². The Kier molecular flexibility index (Phi) is 5.94. The van der Waals surface area contributed by atoms with Crippen molar-refractivity contribution in [3.8, 4) is 0 Å². The van der Waals surface area contributed by atoms with Gasteiger partial charge in [0.2, 0.25) is 0 Å². The lowest BCUT2D eigenvalue weighted by atomic mass is 9.86. The van der Waals surface area contributed by atoms with Gasteiger partial charge in [0.1, 0.15) is 0 Å². The van der Waals surface area contributed by atoms with Crippen molar-refractivity contribution in [1.82, 2.24) is 4.90 Å². The number of hydrogen-bond donors (Lipinski definition) is 1. The molecule has 0 heterocycles. The second-order valence-corrected chi connectivity index (χ2v) is 5.66. The topological polar surface area (TPSA) is 29.3 Å². The summed E-state index contributed by atoms with van der Waals surface area (Å²) in [6, 6.07) is 0. The quantitative estimate of drug-likeness (QED) is 0.670. The fraction of sp³-hybridized carbons (Fsp3) is 1.00. The van der Waals surface area contributed by atoms with Gasteiger partial charge in [-0.3, -0.25) is 4.90 Å². The second-order valence-electron chi connectivity index (χ2n) is 5.66. The van der Waals surface area contributed by atoms with E-state index in [9.17, 15) is 0 Å². The zero-order chi connectivity index (χ0) is 12.9. The smallest absolute Gasteiger partial charge is 0.0357 e. The van der Waals surface area contributed by atoms with Crippen molar-refractivity contribution >= 4 is 0 Å². The molecule has 1 aliphatic carbocycles. The molecule has 0 bridgehead atoms. The molecule has 2 heteroatoms. The van der Waals surface area contributed by atoms with Gasteiger partial charge in [-0.05, 0) is 37.6 Å². The van der Waals surface area contributed by atoms with Crippen LogP contribution >= 0.6 is 0 Å². The van der Waals surface area contributed by atoms with Gasteiger partial charge in [-0.15, -0.1) is 0 Å². The maximum Gasteiger partial charge on any atom is 0.0357 e. The third-order valence-corrected chi connectivity index (χ3v) is 4.95. The zero-order valence-electron chi connectivity index (χ0n) is 12.3. The van der Waals surface area contributed by atoms with Gasteiger partial charge in [0.25, 0.3) is 0 Å². The van der Waals surface area contributed by atoms with E-state index < -0.39 is 0 Å². The van der Waals surface area contributed by atoms with Crippen molar-refractivity contribution in [2.75, 3.05) is 19.6 Å². The van der Waals surface area contributed by atoms with Crippen molar-refractivity contribution in [1.29, 1.82) is 0 Å². The number of hydrogen-bond acceptors (Lipinski definition) is 2. The van der Waals surface area contributed by atoms with Crippen LogP contribution in [0.15, 0.2) is 0 Å². The summed E-state index contributed by atoms with van der Waals surface area (Å²) in [5.41, 5.74) is 6.46. The highest BCUT2D eigenvalue weighted by atomic mass is 15.2. The van der Waals surface area contributed by atoms with Crippen molar-refractivity contribution < 1.29 is 0 Å². The molecule has 0 amide bonds. The summed E-state index contributed by atoms with van der Waals surface area (Å²) in [7, 11) is 0. The monoisotopic (exact) mass is 240 g/mol. The summed E-state index contributed by atoms with van der Waals surface area (Å²) in [6.45, 7) is 12.5. The van der Waals surface area contributed by atoms with Crippen LogP contribution in [0.3, 0.4) is 0 Å². The van der Waals surface area contributed by atoms with Gasteiger partial charge in [-0.1, -0.05) is 40.5 Å². The minimum Gasteiger partial charge on any atom is -0.329 e. The molecule has 1 aliphatic rings. The second kappa shape index (κ2) is 6.75. The highest BCUT2D eigenvalue weighted by Gasteiger charge is 2.46. The van der Waals surface area contributed by atoms with Crippen molar-refractivity contribution in [2.24, 2.45) is 17.6 Å². The Morgan fingerprint density at radius 1 is 1.18 bits per heavy atom. The minimum absolute atomic E-state index is 0.303. The number of likely N-dealkylation sites (N-methyl/N-ethyl adjacent to an activating group) is 1. The average Bonchev–Trinajstić information content (AvgIpc) is 3.20. The first-order valence-electron chi connectivity index (χ1n) is 7.63.